The molecule has 26 heavy (non-hydrogen) atoms. The Kier molecular flexibility index (Phi) is 4.71. The van der Waals surface area contributed by atoms with Crippen molar-refractivity contribution in [1.82, 2.24) is 9.97 Å². The molecule has 0 amide bonds. The number of nitrogens with one attached hydrogen (secondary N) is 1. The van der Waals surface area contributed by atoms with Gasteiger partial charge in [0.1, 0.15) is 12.1 Å². The highest BCUT2D eigenvalue weighted by atomic mass is 32.2. The van der Waals surface area contributed by atoms with E-state index < -0.39 is 9.84 Å². The molecule has 0 aliphatic carbocycles. The molecule has 136 valence electrons. The lowest BCUT2D eigenvalue weighted by molar-refractivity contribution is 0.590. The van der Waals surface area contributed by atoms with Crippen molar-refractivity contribution in [2.75, 3.05) is 11.6 Å². The minimum atomic E-state index is -3.28. The molecule has 0 aliphatic rings. The Balaban J connectivity index is 1.87. The molecule has 2 aromatic carbocycles. The summed E-state index contributed by atoms with van der Waals surface area (Å²) in [6, 6.07) is 13.4. The summed E-state index contributed by atoms with van der Waals surface area (Å²) < 4.78 is 23.6. The van der Waals surface area contributed by atoms with Gasteiger partial charge in [0.25, 0.3) is 0 Å². The quantitative estimate of drug-likeness (QED) is 0.754. The van der Waals surface area contributed by atoms with Crippen LogP contribution in [-0.4, -0.2) is 24.6 Å². The van der Waals surface area contributed by atoms with Crippen LogP contribution in [0.25, 0.3) is 10.9 Å². The molecule has 0 radical (unpaired) electrons. The second-order valence-corrected chi connectivity index (χ2v) is 9.49. The van der Waals surface area contributed by atoms with Gasteiger partial charge in [-0.05, 0) is 34.7 Å². The number of aromatic nitrogens is 2. The molecule has 0 saturated carbocycles. The molecular weight excluding hydrogens is 346 g/mol. The van der Waals surface area contributed by atoms with Gasteiger partial charge in [0.05, 0.1) is 10.4 Å². The van der Waals surface area contributed by atoms with Crippen LogP contribution in [0.4, 0.5) is 5.82 Å². The van der Waals surface area contributed by atoms with Crippen molar-refractivity contribution in [2.45, 2.75) is 37.6 Å². The second-order valence-electron chi connectivity index (χ2n) is 7.47. The molecule has 0 aliphatic heterocycles. The van der Waals surface area contributed by atoms with E-state index in [-0.39, 0.29) is 10.3 Å². The monoisotopic (exact) mass is 369 g/mol. The molecule has 0 saturated heterocycles. The largest absolute Gasteiger partial charge is 0.365 e. The minimum absolute atomic E-state index is 0.122. The van der Waals surface area contributed by atoms with Gasteiger partial charge < -0.3 is 5.32 Å². The van der Waals surface area contributed by atoms with Gasteiger partial charge in [-0.3, -0.25) is 0 Å². The maximum atomic E-state index is 11.8. The fraction of sp³-hybridized carbons (Fsp3) is 0.300. The Hall–Kier alpha value is -2.47. The van der Waals surface area contributed by atoms with Crippen molar-refractivity contribution >= 4 is 26.6 Å². The molecule has 1 aromatic heterocycles. The number of fused-ring (bicyclic) bond motifs is 1. The maximum absolute atomic E-state index is 11.8. The lowest BCUT2D eigenvalue weighted by Crippen LogP contribution is -2.11. The number of nitrogens with zero attached hydrogens (tertiary/aromatic N) is 2. The molecule has 0 atom stereocenters. The molecule has 1 N–H and O–H groups in total. The molecule has 0 unspecified atom stereocenters. The highest BCUT2D eigenvalue weighted by Crippen LogP contribution is 2.25. The standard InChI is InChI=1S/C20H23N3O2S/c1-20(2,3)15-7-5-14(6-8-15)12-21-19-17-11-16(26(4,24)25)9-10-18(17)22-13-23-19/h5-11,13H,12H2,1-4H3,(H,21,22,23). The Labute approximate surface area is 154 Å². The van der Waals surface area contributed by atoms with Crippen LogP contribution in [0.1, 0.15) is 31.9 Å². The maximum Gasteiger partial charge on any atom is 0.175 e. The third kappa shape index (κ3) is 4.02. The smallest absolute Gasteiger partial charge is 0.175 e. The number of rotatable bonds is 4. The van der Waals surface area contributed by atoms with Crippen LogP contribution in [0.2, 0.25) is 0 Å². The summed E-state index contributed by atoms with van der Waals surface area (Å²) in [4.78, 5) is 8.76. The van der Waals surface area contributed by atoms with Gasteiger partial charge in [0.2, 0.25) is 0 Å². The van der Waals surface area contributed by atoms with E-state index in [2.05, 4.69) is 60.3 Å². The Morgan fingerprint density at radius 1 is 1.00 bits per heavy atom. The predicted molar refractivity (Wildman–Crippen MR) is 105 cm³/mol. The topological polar surface area (TPSA) is 72.0 Å². The van der Waals surface area contributed by atoms with Crippen LogP contribution in [0.5, 0.6) is 0 Å². The van der Waals surface area contributed by atoms with Gasteiger partial charge in [0, 0.05) is 18.2 Å². The predicted octanol–water partition coefficient (Wildman–Crippen LogP) is 3.94. The second kappa shape index (κ2) is 6.68. The van der Waals surface area contributed by atoms with E-state index in [1.165, 1.54) is 18.1 Å². The minimum Gasteiger partial charge on any atom is -0.365 e. The molecule has 3 rings (SSSR count). The van der Waals surface area contributed by atoms with Crippen LogP contribution in [0.15, 0.2) is 53.7 Å². The molecule has 0 bridgehead atoms. The summed E-state index contributed by atoms with van der Waals surface area (Å²) in [6.07, 6.45) is 2.68. The molecule has 3 aromatic rings. The van der Waals surface area contributed by atoms with Crippen LogP contribution < -0.4 is 5.32 Å². The molecule has 0 fully saturated rings. The lowest BCUT2D eigenvalue weighted by Gasteiger charge is -2.19. The number of benzene rings is 2. The highest BCUT2D eigenvalue weighted by Gasteiger charge is 2.13. The number of hydrogen-bond acceptors (Lipinski definition) is 5. The summed E-state index contributed by atoms with van der Waals surface area (Å²) in [5, 5.41) is 3.99. The van der Waals surface area contributed by atoms with E-state index in [1.807, 2.05) is 0 Å². The van der Waals surface area contributed by atoms with E-state index in [4.69, 9.17) is 0 Å². The summed E-state index contributed by atoms with van der Waals surface area (Å²) in [7, 11) is -3.28. The molecule has 5 nitrogen and oxygen atoms in total. The van der Waals surface area contributed by atoms with E-state index in [0.29, 0.717) is 23.3 Å². The van der Waals surface area contributed by atoms with Crippen molar-refractivity contribution in [3.63, 3.8) is 0 Å². The van der Waals surface area contributed by atoms with Crippen molar-refractivity contribution < 1.29 is 8.42 Å². The SMILES string of the molecule is CC(C)(C)c1ccc(CNc2ncnc3ccc(S(C)(=O)=O)cc23)cc1. The first-order chi connectivity index (χ1) is 12.1. The fourth-order valence-electron chi connectivity index (χ4n) is 2.72. The first-order valence-electron chi connectivity index (χ1n) is 8.43. The summed E-state index contributed by atoms with van der Waals surface area (Å²) in [5.74, 6) is 0.625. The van der Waals surface area contributed by atoms with Gasteiger partial charge >= 0.3 is 0 Å². The first-order valence-corrected chi connectivity index (χ1v) is 10.3. The molecule has 6 heteroatoms. The zero-order valence-electron chi connectivity index (χ0n) is 15.4. The molecular formula is C20H23N3O2S. The van der Waals surface area contributed by atoms with Gasteiger partial charge in [0.15, 0.2) is 9.84 Å². The summed E-state index contributed by atoms with van der Waals surface area (Å²) in [5.41, 5.74) is 3.24. The van der Waals surface area contributed by atoms with Gasteiger partial charge in [-0.2, -0.15) is 0 Å². The Morgan fingerprint density at radius 3 is 2.31 bits per heavy atom. The van der Waals surface area contributed by atoms with Crippen molar-refractivity contribution in [2.24, 2.45) is 0 Å². The van der Waals surface area contributed by atoms with Gasteiger partial charge in [-0.15, -0.1) is 0 Å². The van der Waals surface area contributed by atoms with Crippen LogP contribution in [0, 0.1) is 0 Å². The number of anilines is 1. The van der Waals surface area contributed by atoms with Gasteiger partial charge in [-0.25, -0.2) is 18.4 Å². The van der Waals surface area contributed by atoms with E-state index in [1.54, 1.807) is 18.2 Å². The average Bonchev–Trinajstić information content (AvgIpc) is 2.58. The number of sulfone groups is 1. The van der Waals surface area contributed by atoms with Crippen LogP contribution in [-0.2, 0) is 21.8 Å². The molecule has 0 spiro atoms. The summed E-state index contributed by atoms with van der Waals surface area (Å²) >= 11 is 0. The zero-order chi connectivity index (χ0) is 18.9. The lowest BCUT2D eigenvalue weighted by atomic mass is 9.87. The first kappa shape index (κ1) is 18.3. The molecule has 1 heterocycles. The zero-order valence-corrected chi connectivity index (χ0v) is 16.3. The number of hydrogen-bond donors (Lipinski definition) is 1. The van der Waals surface area contributed by atoms with Crippen molar-refractivity contribution in [1.29, 1.82) is 0 Å². The normalized spacial score (nSPS) is 12.3. The van der Waals surface area contributed by atoms with E-state index >= 15 is 0 Å². The Morgan fingerprint density at radius 2 is 1.69 bits per heavy atom. The van der Waals surface area contributed by atoms with E-state index in [9.17, 15) is 8.42 Å². The van der Waals surface area contributed by atoms with Crippen molar-refractivity contribution in [3.8, 4) is 0 Å². The Bertz CT molecular complexity index is 1040. The van der Waals surface area contributed by atoms with Gasteiger partial charge in [-0.1, -0.05) is 45.0 Å². The third-order valence-corrected chi connectivity index (χ3v) is 5.43. The fourth-order valence-corrected chi connectivity index (χ4v) is 3.36. The van der Waals surface area contributed by atoms with E-state index in [0.717, 1.165) is 5.56 Å². The summed E-state index contributed by atoms with van der Waals surface area (Å²) in [6.45, 7) is 7.16. The third-order valence-electron chi connectivity index (χ3n) is 4.31. The highest BCUT2D eigenvalue weighted by molar-refractivity contribution is 7.90. The van der Waals surface area contributed by atoms with Crippen molar-refractivity contribution in [3.05, 3.63) is 59.9 Å². The average molecular weight is 369 g/mol. The van der Waals surface area contributed by atoms with Crippen LogP contribution in [0.3, 0.4) is 0 Å². The van der Waals surface area contributed by atoms with Crippen LogP contribution >= 0.6 is 0 Å².